The molecule has 1 fully saturated rings. The van der Waals surface area contributed by atoms with Gasteiger partial charge >= 0.3 is 0 Å². The summed E-state index contributed by atoms with van der Waals surface area (Å²) in [5.41, 5.74) is 7.68. The first-order valence-electron chi connectivity index (χ1n) is 6.75. The first-order valence-corrected chi connectivity index (χ1v) is 6.75. The first kappa shape index (κ1) is 13.1. The highest BCUT2D eigenvalue weighted by molar-refractivity contribution is 5.95. The quantitative estimate of drug-likeness (QED) is 0.887. The first-order chi connectivity index (χ1) is 8.63. The molecule has 0 radical (unpaired) electrons. The number of rotatable bonds is 4. The summed E-state index contributed by atoms with van der Waals surface area (Å²) < 4.78 is 0. The van der Waals surface area contributed by atoms with Crippen molar-refractivity contribution in [3.8, 4) is 0 Å². The van der Waals surface area contributed by atoms with Crippen molar-refractivity contribution < 1.29 is 4.79 Å². The van der Waals surface area contributed by atoms with Crippen molar-refractivity contribution in [2.75, 3.05) is 4.90 Å². The van der Waals surface area contributed by atoms with E-state index in [0.717, 1.165) is 24.1 Å². The van der Waals surface area contributed by atoms with Crippen molar-refractivity contribution in [1.29, 1.82) is 0 Å². The van der Waals surface area contributed by atoms with Crippen LogP contribution in [-0.4, -0.2) is 11.9 Å². The average Bonchev–Trinajstić information content (AvgIpc) is 2.27. The van der Waals surface area contributed by atoms with Gasteiger partial charge in [-0.25, -0.2) is 0 Å². The maximum Gasteiger partial charge on any atom is 0.230 e. The zero-order chi connectivity index (χ0) is 13.1. The summed E-state index contributed by atoms with van der Waals surface area (Å²) in [5, 5.41) is 0. The van der Waals surface area contributed by atoms with E-state index >= 15 is 0 Å². The van der Waals surface area contributed by atoms with Crippen LogP contribution >= 0.6 is 0 Å². The Kier molecular flexibility index (Phi) is 4.02. The molecule has 3 heteroatoms. The van der Waals surface area contributed by atoms with E-state index in [0.29, 0.717) is 6.54 Å². The van der Waals surface area contributed by atoms with Crippen molar-refractivity contribution in [2.45, 2.75) is 45.7 Å². The van der Waals surface area contributed by atoms with Crippen molar-refractivity contribution in [2.24, 2.45) is 11.7 Å². The maximum absolute atomic E-state index is 12.4. The highest BCUT2D eigenvalue weighted by Gasteiger charge is 2.31. The number of carbonyl (C=O) groups excluding carboxylic acids is 1. The standard InChI is InChI=1S/C15H22N2O/c1-11(2)17(15(18)13-4-3-5-13)14-8-6-12(10-16)7-9-14/h6-9,11,13H,3-5,10,16H2,1-2H3. The highest BCUT2D eigenvalue weighted by Crippen LogP contribution is 2.31. The second kappa shape index (κ2) is 5.53. The summed E-state index contributed by atoms with van der Waals surface area (Å²) in [5.74, 6) is 0.512. The molecule has 18 heavy (non-hydrogen) atoms. The van der Waals surface area contributed by atoms with Crippen molar-refractivity contribution in [3.63, 3.8) is 0 Å². The van der Waals surface area contributed by atoms with Gasteiger partial charge in [0.25, 0.3) is 0 Å². The molecule has 0 spiro atoms. The maximum atomic E-state index is 12.4. The molecule has 1 amide bonds. The molecule has 1 saturated carbocycles. The van der Waals surface area contributed by atoms with Gasteiger partial charge in [0.1, 0.15) is 0 Å². The summed E-state index contributed by atoms with van der Waals surface area (Å²) in [6.07, 6.45) is 3.28. The molecular weight excluding hydrogens is 224 g/mol. The van der Waals surface area contributed by atoms with Crippen molar-refractivity contribution >= 4 is 11.6 Å². The zero-order valence-corrected chi connectivity index (χ0v) is 11.2. The van der Waals surface area contributed by atoms with Gasteiger partial charge in [0.2, 0.25) is 5.91 Å². The van der Waals surface area contributed by atoms with Gasteiger partial charge in [0.05, 0.1) is 0 Å². The molecule has 2 rings (SSSR count). The fourth-order valence-corrected chi connectivity index (χ4v) is 2.32. The van der Waals surface area contributed by atoms with Crippen LogP contribution in [0.3, 0.4) is 0 Å². The number of amides is 1. The number of nitrogens with two attached hydrogens (primary N) is 1. The van der Waals surface area contributed by atoms with Crippen LogP contribution in [-0.2, 0) is 11.3 Å². The molecule has 3 nitrogen and oxygen atoms in total. The fraction of sp³-hybridized carbons (Fsp3) is 0.533. The molecule has 2 N–H and O–H groups in total. The summed E-state index contributed by atoms with van der Waals surface area (Å²) >= 11 is 0. The molecule has 0 heterocycles. The van der Waals surface area contributed by atoms with Crippen LogP contribution in [0.4, 0.5) is 5.69 Å². The molecule has 1 aromatic rings. The normalized spacial score (nSPS) is 15.6. The summed E-state index contributed by atoms with van der Waals surface area (Å²) in [4.78, 5) is 14.3. The lowest BCUT2D eigenvalue weighted by molar-refractivity contribution is -0.125. The monoisotopic (exact) mass is 246 g/mol. The molecule has 0 aromatic heterocycles. The molecule has 98 valence electrons. The van der Waals surface area contributed by atoms with Gasteiger partial charge in [0.15, 0.2) is 0 Å². The third-order valence-electron chi connectivity index (χ3n) is 3.66. The van der Waals surface area contributed by atoms with Gasteiger partial charge in [0, 0.05) is 24.2 Å². The number of benzene rings is 1. The number of anilines is 1. The van der Waals surface area contributed by atoms with Crippen LogP contribution in [0.1, 0.15) is 38.7 Å². The SMILES string of the molecule is CC(C)N(C(=O)C1CCC1)c1ccc(CN)cc1. The summed E-state index contributed by atoms with van der Waals surface area (Å²) in [7, 11) is 0. The average molecular weight is 246 g/mol. The number of hydrogen-bond donors (Lipinski definition) is 1. The minimum Gasteiger partial charge on any atom is -0.326 e. The Morgan fingerprint density at radius 3 is 2.33 bits per heavy atom. The summed E-state index contributed by atoms with van der Waals surface area (Å²) in [6, 6.07) is 8.19. The van der Waals surface area contributed by atoms with Gasteiger partial charge in [-0.2, -0.15) is 0 Å². The van der Waals surface area contributed by atoms with E-state index in [-0.39, 0.29) is 17.9 Å². The van der Waals surface area contributed by atoms with Crippen LogP contribution in [0.25, 0.3) is 0 Å². The minimum absolute atomic E-state index is 0.196. The topological polar surface area (TPSA) is 46.3 Å². The Balaban J connectivity index is 2.20. The van der Waals surface area contributed by atoms with Crippen LogP contribution in [0, 0.1) is 5.92 Å². The fourth-order valence-electron chi connectivity index (χ4n) is 2.32. The predicted molar refractivity (Wildman–Crippen MR) is 74.3 cm³/mol. The Bertz CT molecular complexity index is 407. The molecule has 0 aliphatic heterocycles. The highest BCUT2D eigenvalue weighted by atomic mass is 16.2. The lowest BCUT2D eigenvalue weighted by Crippen LogP contribution is -2.43. The van der Waals surface area contributed by atoms with Gasteiger partial charge in [-0.05, 0) is 44.4 Å². The van der Waals surface area contributed by atoms with E-state index in [4.69, 9.17) is 5.73 Å². The van der Waals surface area contributed by atoms with Gasteiger partial charge < -0.3 is 10.6 Å². The van der Waals surface area contributed by atoms with E-state index in [1.807, 2.05) is 29.2 Å². The van der Waals surface area contributed by atoms with Crippen molar-refractivity contribution in [1.82, 2.24) is 0 Å². The molecule has 0 bridgehead atoms. The smallest absolute Gasteiger partial charge is 0.230 e. The van der Waals surface area contributed by atoms with Gasteiger partial charge in [-0.1, -0.05) is 18.6 Å². The van der Waals surface area contributed by atoms with Crippen molar-refractivity contribution in [3.05, 3.63) is 29.8 Å². The molecule has 0 atom stereocenters. The van der Waals surface area contributed by atoms with E-state index in [1.54, 1.807) is 0 Å². The second-order valence-corrected chi connectivity index (χ2v) is 5.30. The Labute approximate surface area is 109 Å². The third-order valence-corrected chi connectivity index (χ3v) is 3.66. The Hall–Kier alpha value is -1.35. The second-order valence-electron chi connectivity index (χ2n) is 5.30. The van der Waals surface area contributed by atoms with Crippen LogP contribution in [0.15, 0.2) is 24.3 Å². The number of nitrogens with zero attached hydrogens (tertiary/aromatic N) is 1. The summed E-state index contributed by atoms with van der Waals surface area (Å²) in [6.45, 7) is 4.67. The molecule has 0 saturated heterocycles. The third kappa shape index (κ3) is 2.56. The number of carbonyl (C=O) groups is 1. The van der Waals surface area contributed by atoms with E-state index in [2.05, 4.69) is 13.8 Å². The van der Waals surface area contributed by atoms with Crippen LogP contribution < -0.4 is 10.6 Å². The Morgan fingerprint density at radius 1 is 1.33 bits per heavy atom. The van der Waals surface area contributed by atoms with Crippen LogP contribution in [0.5, 0.6) is 0 Å². The van der Waals surface area contributed by atoms with Gasteiger partial charge in [-0.3, -0.25) is 4.79 Å². The predicted octanol–water partition coefficient (Wildman–Crippen LogP) is 2.69. The molecule has 1 aliphatic carbocycles. The van der Waals surface area contributed by atoms with Gasteiger partial charge in [-0.15, -0.1) is 0 Å². The molecule has 1 aliphatic rings. The minimum atomic E-state index is 0.196. The molecular formula is C15H22N2O. The number of hydrogen-bond acceptors (Lipinski definition) is 2. The lowest BCUT2D eigenvalue weighted by atomic mass is 9.84. The lowest BCUT2D eigenvalue weighted by Gasteiger charge is -2.34. The van der Waals surface area contributed by atoms with Crippen LogP contribution in [0.2, 0.25) is 0 Å². The van der Waals surface area contributed by atoms with E-state index < -0.39 is 0 Å². The largest absolute Gasteiger partial charge is 0.326 e. The molecule has 1 aromatic carbocycles. The molecule has 0 unspecified atom stereocenters. The Morgan fingerprint density at radius 2 is 1.94 bits per heavy atom. The van der Waals surface area contributed by atoms with E-state index in [1.165, 1.54) is 6.42 Å². The zero-order valence-electron chi connectivity index (χ0n) is 11.2. The van der Waals surface area contributed by atoms with E-state index in [9.17, 15) is 4.79 Å².